The molecule has 0 bridgehead atoms. The van der Waals surface area contributed by atoms with Gasteiger partial charge in [0.2, 0.25) is 0 Å². The highest BCUT2D eigenvalue weighted by Gasteiger charge is 2.26. The third kappa shape index (κ3) is 3.66. The number of nitrogens with one attached hydrogen (secondary N) is 1. The lowest BCUT2D eigenvalue weighted by molar-refractivity contribution is 0.0982. The second-order valence-electron chi connectivity index (χ2n) is 5.54. The molecule has 0 aliphatic carbocycles. The van der Waals surface area contributed by atoms with E-state index in [1.807, 2.05) is 0 Å². The Morgan fingerprint density at radius 2 is 1.79 bits per heavy atom. The number of carbonyl (C=O) groups excluding carboxylic acids is 1. The van der Waals surface area contributed by atoms with Gasteiger partial charge in [-0.25, -0.2) is 9.11 Å². The number of amides is 1. The SMILES string of the molecule is O=C(NS(=O)(=O)N1CCCCC1)c1ccc(-c2ccccc2F)s1. The first-order chi connectivity index (χ1) is 11.5. The number of nitrogens with zero attached hydrogens (tertiary/aromatic N) is 1. The Kier molecular flexibility index (Phi) is 4.98. The molecule has 1 aromatic carbocycles. The van der Waals surface area contributed by atoms with Crippen LogP contribution in [-0.2, 0) is 10.2 Å². The molecule has 1 aliphatic heterocycles. The topological polar surface area (TPSA) is 66.5 Å². The molecule has 24 heavy (non-hydrogen) atoms. The third-order valence-electron chi connectivity index (χ3n) is 3.85. The van der Waals surface area contributed by atoms with Crippen LogP contribution in [0.2, 0.25) is 0 Å². The van der Waals surface area contributed by atoms with Crippen molar-refractivity contribution in [1.29, 1.82) is 0 Å². The van der Waals surface area contributed by atoms with Crippen LogP contribution in [0.25, 0.3) is 10.4 Å². The summed E-state index contributed by atoms with van der Waals surface area (Å²) in [5, 5.41) is 0. The van der Waals surface area contributed by atoms with Crippen LogP contribution in [0, 0.1) is 5.82 Å². The van der Waals surface area contributed by atoms with Gasteiger partial charge in [0.15, 0.2) is 0 Å². The summed E-state index contributed by atoms with van der Waals surface area (Å²) in [4.78, 5) is 13.0. The summed E-state index contributed by atoms with van der Waals surface area (Å²) >= 11 is 1.06. The number of thiophene rings is 1. The first-order valence-corrected chi connectivity index (χ1v) is 9.90. The molecule has 1 aromatic heterocycles. The average Bonchev–Trinajstić information content (AvgIpc) is 3.06. The molecule has 1 aliphatic rings. The molecule has 0 atom stereocenters. The summed E-state index contributed by atoms with van der Waals surface area (Å²) in [5.41, 5.74) is 0.389. The standard InChI is InChI=1S/C16H17FN2O3S2/c17-13-7-3-2-6-12(13)14-8-9-15(23-14)16(20)18-24(21,22)19-10-4-1-5-11-19/h2-3,6-9H,1,4-5,10-11H2,(H,18,20). The minimum Gasteiger partial charge on any atom is -0.267 e. The van der Waals surface area contributed by atoms with Crippen molar-refractivity contribution >= 4 is 27.5 Å². The summed E-state index contributed by atoms with van der Waals surface area (Å²) in [7, 11) is -3.83. The Bertz CT molecular complexity index is 843. The van der Waals surface area contributed by atoms with Crippen LogP contribution in [0.1, 0.15) is 28.9 Å². The van der Waals surface area contributed by atoms with Gasteiger partial charge < -0.3 is 0 Å². The third-order valence-corrected chi connectivity index (χ3v) is 6.45. The number of rotatable bonds is 4. The van der Waals surface area contributed by atoms with Crippen LogP contribution < -0.4 is 4.72 Å². The fourth-order valence-corrected chi connectivity index (χ4v) is 4.81. The van der Waals surface area contributed by atoms with E-state index in [9.17, 15) is 17.6 Å². The van der Waals surface area contributed by atoms with Crippen LogP contribution in [0.15, 0.2) is 36.4 Å². The number of piperidine rings is 1. The molecule has 2 heterocycles. The molecule has 0 unspecified atom stereocenters. The van der Waals surface area contributed by atoms with E-state index in [1.54, 1.807) is 24.3 Å². The first kappa shape index (κ1) is 17.1. The van der Waals surface area contributed by atoms with Gasteiger partial charge in [-0.2, -0.15) is 12.7 Å². The van der Waals surface area contributed by atoms with Crippen molar-refractivity contribution in [3.05, 3.63) is 47.1 Å². The average molecular weight is 368 g/mol. The molecular weight excluding hydrogens is 351 g/mol. The summed E-state index contributed by atoms with van der Waals surface area (Å²) in [6.07, 6.45) is 2.59. The molecule has 0 spiro atoms. The summed E-state index contributed by atoms with van der Waals surface area (Å²) < 4.78 is 41.7. The smallest absolute Gasteiger partial charge is 0.267 e. The van der Waals surface area contributed by atoms with Crippen molar-refractivity contribution in [2.75, 3.05) is 13.1 Å². The lowest BCUT2D eigenvalue weighted by Crippen LogP contribution is -2.45. The van der Waals surface area contributed by atoms with Gasteiger partial charge in [0, 0.05) is 23.5 Å². The maximum atomic E-state index is 13.8. The maximum absolute atomic E-state index is 13.8. The summed E-state index contributed by atoms with van der Waals surface area (Å²) in [6, 6.07) is 9.38. The molecule has 0 saturated carbocycles. The monoisotopic (exact) mass is 368 g/mol. The Morgan fingerprint density at radius 1 is 1.08 bits per heavy atom. The van der Waals surface area contributed by atoms with Crippen molar-refractivity contribution in [3.8, 4) is 10.4 Å². The molecule has 128 valence electrons. The zero-order valence-corrected chi connectivity index (χ0v) is 14.5. The van der Waals surface area contributed by atoms with Gasteiger partial charge >= 0.3 is 10.2 Å². The van der Waals surface area contributed by atoms with Gasteiger partial charge in [0.25, 0.3) is 5.91 Å². The van der Waals surface area contributed by atoms with Gasteiger partial charge in [0.05, 0.1) is 4.88 Å². The van der Waals surface area contributed by atoms with Gasteiger partial charge in [-0.3, -0.25) is 4.79 Å². The molecule has 0 radical (unpaired) electrons. The Labute approximate surface area is 144 Å². The minimum atomic E-state index is -3.83. The summed E-state index contributed by atoms with van der Waals surface area (Å²) in [5.74, 6) is -1.07. The number of hydrogen-bond acceptors (Lipinski definition) is 4. The van der Waals surface area contributed by atoms with E-state index in [-0.39, 0.29) is 10.7 Å². The molecule has 1 saturated heterocycles. The molecule has 1 amide bonds. The number of benzene rings is 1. The number of carbonyl (C=O) groups is 1. The van der Waals surface area contributed by atoms with E-state index in [0.717, 1.165) is 30.6 Å². The second-order valence-corrected chi connectivity index (χ2v) is 8.29. The maximum Gasteiger partial charge on any atom is 0.304 e. The first-order valence-electron chi connectivity index (χ1n) is 7.64. The van der Waals surface area contributed by atoms with Crippen molar-refractivity contribution in [1.82, 2.24) is 9.03 Å². The quantitative estimate of drug-likeness (QED) is 0.902. The fourth-order valence-electron chi connectivity index (χ4n) is 2.60. The van der Waals surface area contributed by atoms with E-state index in [4.69, 9.17) is 0 Å². The zero-order chi connectivity index (χ0) is 17.2. The predicted octanol–water partition coefficient (Wildman–Crippen LogP) is 3.01. The second kappa shape index (κ2) is 7.00. The van der Waals surface area contributed by atoms with Crippen molar-refractivity contribution < 1.29 is 17.6 Å². The van der Waals surface area contributed by atoms with Gasteiger partial charge in [-0.05, 0) is 31.0 Å². The summed E-state index contributed by atoms with van der Waals surface area (Å²) in [6.45, 7) is 0.848. The zero-order valence-electron chi connectivity index (χ0n) is 12.9. The largest absolute Gasteiger partial charge is 0.304 e. The lowest BCUT2D eigenvalue weighted by atomic mass is 10.2. The molecule has 3 rings (SSSR count). The van der Waals surface area contributed by atoms with Crippen LogP contribution >= 0.6 is 11.3 Å². The Hall–Kier alpha value is -1.77. The molecule has 1 N–H and O–H groups in total. The lowest BCUT2D eigenvalue weighted by Gasteiger charge is -2.25. The Balaban J connectivity index is 1.75. The van der Waals surface area contributed by atoms with Crippen LogP contribution in [0.3, 0.4) is 0 Å². The van der Waals surface area contributed by atoms with Crippen LogP contribution in [0.4, 0.5) is 4.39 Å². The fraction of sp³-hybridized carbons (Fsp3) is 0.312. The normalized spacial score (nSPS) is 16.0. The molecule has 8 heteroatoms. The molecule has 5 nitrogen and oxygen atoms in total. The van der Waals surface area contributed by atoms with Gasteiger partial charge in [-0.1, -0.05) is 24.6 Å². The predicted molar refractivity (Wildman–Crippen MR) is 91.5 cm³/mol. The highest BCUT2D eigenvalue weighted by Crippen LogP contribution is 2.30. The highest BCUT2D eigenvalue weighted by atomic mass is 32.2. The van der Waals surface area contributed by atoms with Gasteiger partial charge in [-0.15, -0.1) is 11.3 Å². The molecular formula is C16H17FN2O3S2. The molecule has 2 aromatic rings. The number of halogens is 1. The van der Waals surface area contributed by atoms with Crippen molar-refractivity contribution in [3.63, 3.8) is 0 Å². The van der Waals surface area contributed by atoms with E-state index in [0.29, 0.717) is 23.5 Å². The number of hydrogen-bond donors (Lipinski definition) is 1. The van der Waals surface area contributed by atoms with E-state index >= 15 is 0 Å². The minimum absolute atomic E-state index is 0.230. The van der Waals surface area contributed by atoms with E-state index in [1.165, 1.54) is 16.4 Å². The highest BCUT2D eigenvalue weighted by molar-refractivity contribution is 7.87. The Morgan fingerprint density at radius 3 is 2.50 bits per heavy atom. The van der Waals surface area contributed by atoms with Crippen molar-refractivity contribution in [2.24, 2.45) is 0 Å². The van der Waals surface area contributed by atoms with E-state index < -0.39 is 16.1 Å². The van der Waals surface area contributed by atoms with Crippen LogP contribution in [0.5, 0.6) is 0 Å². The van der Waals surface area contributed by atoms with Crippen molar-refractivity contribution in [2.45, 2.75) is 19.3 Å². The van der Waals surface area contributed by atoms with Crippen LogP contribution in [-0.4, -0.2) is 31.7 Å². The van der Waals surface area contributed by atoms with Gasteiger partial charge in [0.1, 0.15) is 5.82 Å². The van der Waals surface area contributed by atoms with E-state index in [2.05, 4.69) is 4.72 Å². The molecule has 1 fully saturated rings.